The molecule has 4 N–H and O–H groups in total. The van der Waals surface area contributed by atoms with Crippen LogP contribution in [0, 0.1) is 0 Å². The lowest BCUT2D eigenvalue weighted by molar-refractivity contribution is -0.127. The molecule has 2 aromatic rings. The normalized spacial score (nSPS) is 20.8. The van der Waals surface area contributed by atoms with E-state index in [2.05, 4.69) is 26.7 Å². The molecule has 3 rings (SSSR count). The first kappa shape index (κ1) is 16.7. The summed E-state index contributed by atoms with van der Waals surface area (Å²) in [6.07, 6.45) is 0.942. The Kier molecular flexibility index (Phi) is 5.32. The van der Waals surface area contributed by atoms with Crippen LogP contribution in [0.4, 0.5) is 0 Å². The molecule has 6 nitrogen and oxygen atoms in total. The van der Waals surface area contributed by atoms with E-state index < -0.39 is 12.3 Å². The topological polar surface area (TPSA) is 77.5 Å². The number of carbonyl (C=O) groups excluding carboxylic acids is 1. The first-order valence-corrected chi connectivity index (χ1v) is 8.00. The second kappa shape index (κ2) is 7.63. The number of hydrazine groups is 1. The molecule has 1 fully saturated rings. The highest BCUT2D eigenvalue weighted by atomic mass is 35.5. The number of amides is 1. The Bertz CT molecular complexity index is 733. The largest absolute Gasteiger partial charge is 0.320 e. The Morgan fingerprint density at radius 3 is 2.38 bits per heavy atom. The van der Waals surface area contributed by atoms with Gasteiger partial charge in [-0.1, -0.05) is 59.6 Å². The predicted octanol–water partition coefficient (Wildman–Crippen LogP) is 2.17. The zero-order chi connectivity index (χ0) is 16.9. The molecule has 0 aromatic heterocycles. The van der Waals surface area contributed by atoms with Crippen molar-refractivity contribution < 1.29 is 4.79 Å². The van der Waals surface area contributed by atoms with Crippen LogP contribution in [0.25, 0.3) is 0 Å². The van der Waals surface area contributed by atoms with E-state index in [-0.39, 0.29) is 5.91 Å². The first-order valence-electron chi connectivity index (χ1n) is 7.24. The van der Waals surface area contributed by atoms with Crippen molar-refractivity contribution in [3.63, 3.8) is 0 Å². The number of nitrogens with one attached hydrogen (secondary N) is 4. The third kappa shape index (κ3) is 3.85. The van der Waals surface area contributed by atoms with E-state index in [0.717, 1.165) is 5.56 Å². The van der Waals surface area contributed by atoms with Crippen molar-refractivity contribution in [2.24, 2.45) is 5.10 Å². The minimum atomic E-state index is -0.560. The van der Waals surface area contributed by atoms with E-state index in [1.807, 2.05) is 30.3 Å². The van der Waals surface area contributed by atoms with Gasteiger partial charge in [-0.25, -0.2) is 10.9 Å². The van der Waals surface area contributed by atoms with Gasteiger partial charge in [0.05, 0.1) is 16.3 Å². The van der Waals surface area contributed by atoms with Crippen molar-refractivity contribution in [2.45, 2.75) is 12.3 Å². The van der Waals surface area contributed by atoms with Crippen LogP contribution >= 0.6 is 23.2 Å². The van der Waals surface area contributed by atoms with Gasteiger partial charge in [0, 0.05) is 5.56 Å². The molecule has 1 saturated heterocycles. The molecule has 2 aromatic carbocycles. The van der Waals surface area contributed by atoms with Gasteiger partial charge in [-0.3, -0.25) is 10.2 Å². The molecule has 24 heavy (non-hydrogen) atoms. The van der Waals surface area contributed by atoms with Crippen LogP contribution in [-0.4, -0.2) is 18.4 Å². The van der Waals surface area contributed by atoms with Crippen molar-refractivity contribution >= 4 is 35.3 Å². The van der Waals surface area contributed by atoms with Crippen molar-refractivity contribution in [1.29, 1.82) is 0 Å². The SMILES string of the molecule is O=C1NC(N/N=C\c2c(Cl)cccc2Cl)NNC1c1ccccc1. The maximum atomic E-state index is 12.2. The zero-order valence-electron chi connectivity index (χ0n) is 12.5. The molecule has 124 valence electrons. The van der Waals surface area contributed by atoms with Gasteiger partial charge < -0.3 is 5.32 Å². The van der Waals surface area contributed by atoms with Gasteiger partial charge in [-0.2, -0.15) is 5.10 Å². The lowest BCUT2D eigenvalue weighted by Gasteiger charge is -2.31. The second-order valence-electron chi connectivity index (χ2n) is 5.10. The molecule has 0 aliphatic carbocycles. The summed E-state index contributed by atoms with van der Waals surface area (Å²) in [5.74, 6) is -0.163. The Labute approximate surface area is 149 Å². The number of hydrazone groups is 1. The van der Waals surface area contributed by atoms with Gasteiger partial charge in [0.2, 0.25) is 5.91 Å². The van der Waals surface area contributed by atoms with Crippen LogP contribution in [0.5, 0.6) is 0 Å². The number of carbonyl (C=O) groups is 1. The summed E-state index contributed by atoms with van der Waals surface area (Å²) >= 11 is 12.1. The molecule has 0 spiro atoms. The Hall–Kier alpha value is -2.12. The van der Waals surface area contributed by atoms with Crippen molar-refractivity contribution in [3.05, 3.63) is 69.7 Å². The minimum Gasteiger partial charge on any atom is -0.320 e. The highest BCUT2D eigenvalue weighted by molar-refractivity contribution is 6.38. The van der Waals surface area contributed by atoms with Crippen LogP contribution in [-0.2, 0) is 4.79 Å². The summed E-state index contributed by atoms with van der Waals surface area (Å²) in [6, 6.07) is 14.2. The predicted molar refractivity (Wildman–Crippen MR) is 94.6 cm³/mol. The molecule has 2 unspecified atom stereocenters. The van der Waals surface area contributed by atoms with Gasteiger partial charge in [0.15, 0.2) is 6.29 Å². The molecule has 2 atom stereocenters. The number of hydrogen-bond donors (Lipinski definition) is 4. The summed E-state index contributed by atoms with van der Waals surface area (Å²) < 4.78 is 0. The maximum Gasteiger partial charge on any atom is 0.245 e. The number of benzene rings is 2. The average Bonchev–Trinajstić information content (AvgIpc) is 2.58. The lowest BCUT2D eigenvalue weighted by atomic mass is 10.1. The van der Waals surface area contributed by atoms with E-state index in [9.17, 15) is 4.79 Å². The van der Waals surface area contributed by atoms with Crippen LogP contribution in [0.15, 0.2) is 53.6 Å². The highest BCUT2D eigenvalue weighted by Crippen LogP contribution is 2.22. The quantitative estimate of drug-likeness (QED) is 0.495. The van der Waals surface area contributed by atoms with Crippen LogP contribution in [0.1, 0.15) is 17.2 Å². The number of halogens is 2. The molecular weight excluding hydrogens is 349 g/mol. The van der Waals surface area contributed by atoms with E-state index >= 15 is 0 Å². The fraction of sp³-hybridized carbons (Fsp3) is 0.125. The fourth-order valence-electron chi connectivity index (χ4n) is 2.25. The van der Waals surface area contributed by atoms with E-state index in [1.165, 1.54) is 6.21 Å². The molecule has 0 bridgehead atoms. The molecule has 0 saturated carbocycles. The Morgan fingerprint density at radius 1 is 1.00 bits per heavy atom. The van der Waals surface area contributed by atoms with Crippen LogP contribution in [0.3, 0.4) is 0 Å². The molecule has 1 aliphatic heterocycles. The molecule has 0 radical (unpaired) electrons. The highest BCUT2D eigenvalue weighted by Gasteiger charge is 2.27. The first-order chi connectivity index (χ1) is 11.6. The summed E-state index contributed by atoms with van der Waals surface area (Å²) in [7, 11) is 0. The number of rotatable bonds is 4. The van der Waals surface area contributed by atoms with Gasteiger partial charge in [0.1, 0.15) is 6.04 Å². The summed E-state index contributed by atoms with van der Waals surface area (Å²) in [5.41, 5.74) is 10.1. The molecule has 1 heterocycles. The van der Waals surface area contributed by atoms with Gasteiger partial charge in [-0.05, 0) is 17.7 Å². The maximum absolute atomic E-state index is 12.2. The minimum absolute atomic E-state index is 0.163. The molecule has 1 aliphatic rings. The number of nitrogens with zero attached hydrogens (tertiary/aromatic N) is 1. The Balaban J connectivity index is 1.59. The Morgan fingerprint density at radius 2 is 1.71 bits per heavy atom. The third-order valence-corrected chi connectivity index (χ3v) is 4.11. The summed E-state index contributed by atoms with van der Waals surface area (Å²) in [4.78, 5) is 12.2. The number of hydrogen-bond acceptors (Lipinski definition) is 5. The lowest BCUT2D eigenvalue weighted by Crippen LogP contribution is -2.65. The molecule has 8 heteroatoms. The van der Waals surface area contributed by atoms with Crippen molar-refractivity contribution in [3.8, 4) is 0 Å². The smallest absolute Gasteiger partial charge is 0.245 e. The van der Waals surface area contributed by atoms with Crippen molar-refractivity contribution in [2.75, 3.05) is 0 Å². The van der Waals surface area contributed by atoms with E-state index in [0.29, 0.717) is 15.6 Å². The molecule has 1 amide bonds. The van der Waals surface area contributed by atoms with Crippen LogP contribution < -0.4 is 21.6 Å². The standard InChI is InChI=1S/C16H15Cl2N5O/c17-12-7-4-8-13(18)11(12)9-19-22-16-20-15(24)14(21-23-16)10-5-2-1-3-6-10/h1-9,14,16,21-23H,(H,20,24)/b19-9-. The zero-order valence-corrected chi connectivity index (χ0v) is 14.0. The van der Waals surface area contributed by atoms with Gasteiger partial charge >= 0.3 is 0 Å². The van der Waals surface area contributed by atoms with E-state index in [1.54, 1.807) is 18.2 Å². The van der Waals surface area contributed by atoms with E-state index in [4.69, 9.17) is 23.2 Å². The monoisotopic (exact) mass is 363 g/mol. The molecular formula is C16H15Cl2N5O. The van der Waals surface area contributed by atoms with Gasteiger partial charge in [0.25, 0.3) is 0 Å². The average molecular weight is 364 g/mol. The van der Waals surface area contributed by atoms with Crippen molar-refractivity contribution in [1.82, 2.24) is 21.6 Å². The van der Waals surface area contributed by atoms with Crippen LogP contribution in [0.2, 0.25) is 10.0 Å². The second-order valence-corrected chi connectivity index (χ2v) is 5.91. The van der Waals surface area contributed by atoms with Gasteiger partial charge in [-0.15, -0.1) is 0 Å². The fourth-order valence-corrected chi connectivity index (χ4v) is 2.74. The third-order valence-electron chi connectivity index (χ3n) is 3.45. The summed E-state index contributed by atoms with van der Waals surface area (Å²) in [6.45, 7) is 0. The summed E-state index contributed by atoms with van der Waals surface area (Å²) in [5, 5.41) is 7.83.